The lowest BCUT2D eigenvalue weighted by Crippen LogP contribution is -2.57. The molecule has 9 heteroatoms. The van der Waals surface area contributed by atoms with E-state index in [1.54, 1.807) is 13.8 Å². The van der Waals surface area contributed by atoms with Gasteiger partial charge < -0.3 is 30.5 Å². The van der Waals surface area contributed by atoms with Crippen LogP contribution in [-0.2, 0) is 19.1 Å². The van der Waals surface area contributed by atoms with Crippen LogP contribution in [0, 0.1) is 17.3 Å². The first kappa shape index (κ1) is 41.3. The molecule has 0 spiro atoms. The van der Waals surface area contributed by atoms with E-state index in [4.69, 9.17) is 9.47 Å². The Bertz CT molecular complexity index is 910. The van der Waals surface area contributed by atoms with Gasteiger partial charge in [0.1, 0.15) is 6.10 Å². The van der Waals surface area contributed by atoms with Crippen molar-refractivity contribution in [1.82, 2.24) is 16.0 Å². The summed E-state index contributed by atoms with van der Waals surface area (Å²) in [6.07, 6.45) is 21.6. The number of carbonyl (C=O) groups is 3. The van der Waals surface area contributed by atoms with Crippen LogP contribution in [0.2, 0.25) is 0 Å². The van der Waals surface area contributed by atoms with Gasteiger partial charge in [0.25, 0.3) is 0 Å². The molecular formula is C38H71N3O6. The fourth-order valence-electron chi connectivity index (χ4n) is 7.25. The number of amides is 3. The van der Waals surface area contributed by atoms with E-state index in [1.165, 1.54) is 70.6 Å². The second-order valence-corrected chi connectivity index (χ2v) is 15.6. The number of hydrogen-bond acceptors (Lipinski definition) is 5. The predicted octanol–water partition coefficient (Wildman–Crippen LogP) is 8.49. The van der Waals surface area contributed by atoms with Gasteiger partial charge in [-0.25, -0.2) is 4.79 Å². The number of unbranched alkanes of at least 4 members (excludes halogenated alkanes) is 11. The van der Waals surface area contributed by atoms with Gasteiger partial charge in [-0.2, -0.15) is 0 Å². The van der Waals surface area contributed by atoms with Crippen LogP contribution < -0.4 is 16.0 Å². The minimum Gasteiger partial charge on any atom is -0.481 e. The van der Waals surface area contributed by atoms with E-state index in [2.05, 4.69) is 29.8 Å². The lowest BCUT2D eigenvalue weighted by atomic mass is 9.82. The predicted molar refractivity (Wildman–Crippen MR) is 189 cm³/mol. The standard InChI is InChI=1S/C38H71N3O6/c1-7-9-11-13-15-17-20-24-29(23-19-16-14-12-10-8-2)40-36(45)41-32-26-22-18-21-25-30(32)31(35(43)44)27-39-34(42)33-37(3,4)28-46-38(5,6)47-33/h29-33H,7-28H2,1-6H3,(H,39,42)(H,43,44)(H2,40,41,45). The fourth-order valence-corrected chi connectivity index (χ4v) is 7.25. The van der Waals surface area contributed by atoms with Crippen LogP contribution in [0.3, 0.4) is 0 Å². The molecule has 2 fully saturated rings. The van der Waals surface area contributed by atoms with Gasteiger partial charge in [0.05, 0.1) is 12.5 Å². The molecule has 47 heavy (non-hydrogen) atoms. The number of urea groups is 1. The Morgan fingerprint density at radius 2 is 1.34 bits per heavy atom. The Labute approximate surface area is 286 Å². The van der Waals surface area contributed by atoms with Crippen molar-refractivity contribution < 1.29 is 29.0 Å². The monoisotopic (exact) mass is 666 g/mol. The third kappa shape index (κ3) is 15.9. The minimum atomic E-state index is -0.947. The number of carboxylic acids is 1. The number of aliphatic carboxylic acids is 1. The highest BCUT2D eigenvalue weighted by Gasteiger charge is 2.46. The molecule has 0 bridgehead atoms. The third-order valence-electron chi connectivity index (χ3n) is 10.3. The number of ether oxygens (including phenoxy) is 2. The van der Waals surface area contributed by atoms with E-state index in [0.29, 0.717) is 13.0 Å². The maximum absolute atomic E-state index is 13.5. The molecule has 0 aromatic carbocycles. The Morgan fingerprint density at radius 1 is 0.787 bits per heavy atom. The van der Waals surface area contributed by atoms with Crippen LogP contribution in [-0.4, -0.2) is 60.1 Å². The normalized spacial score (nSPS) is 23.7. The second-order valence-electron chi connectivity index (χ2n) is 15.6. The Hall–Kier alpha value is -1.87. The van der Waals surface area contributed by atoms with Gasteiger partial charge in [-0.15, -0.1) is 0 Å². The summed E-state index contributed by atoms with van der Waals surface area (Å²) in [5, 5.41) is 19.8. The summed E-state index contributed by atoms with van der Waals surface area (Å²) >= 11 is 0. The maximum Gasteiger partial charge on any atom is 0.315 e. The molecule has 9 nitrogen and oxygen atoms in total. The van der Waals surface area contributed by atoms with E-state index >= 15 is 0 Å². The first-order valence-corrected chi connectivity index (χ1v) is 19.3. The van der Waals surface area contributed by atoms with Gasteiger partial charge in [0.15, 0.2) is 5.79 Å². The molecule has 5 atom stereocenters. The highest BCUT2D eigenvalue weighted by Crippen LogP contribution is 2.35. The van der Waals surface area contributed by atoms with Crippen molar-refractivity contribution in [2.75, 3.05) is 13.2 Å². The summed E-state index contributed by atoms with van der Waals surface area (Å²) < 4.78 is 11.7. The first-order valence-electron chi connectivity index (χ1n) is 19.3. The molecule has 0 radical (unpaired) electrons. The van der Waals surface area contributed by atoms with Crippen molar-refractivity contribution in [3.05, 3.63) is 0 Å². The first-order chi connectivity index (χ1) is 22.4. The van der Waals surface area contributed by atoms with E-state index in [-0.39, 0.29) is 36.5 Å². The summed E-state index contributed by atoms with van der Waals surface area (Å²) in [6.45, 7) is 12.2. The van der Waals surface area contributed by atoms with Gasteiger partial charge in [-0.05, 0) is 45.4 Å². The van der Waals surface area contributed by atoms with E-state index in [1.807, 2.05) is 13.8 Å². The van der Waals surface area contributed by atoms with Gasteiger partial charge in [-0.3, -0.25) is 9.59 Å². The number of carboxylic acid groups (broad SMARTS) is 1. The fraction of sp³-hybridized carbons (Fsp3) is 0.921. The number of nitrogens with one attached hydrogen (secondary N) is 3. The Morgan fingerprint density at radius 3 is 1.91 bits per heavy atom. The van der Waals surface area contributed by atoms with Crippen molar-refractivity contribution in [3.8, 4) is 0 Å². The molecule has 1 aliphatic carbocycles. The molecule has 2 aliphatic rings. The molecular weight excluding hydrogens is 594 g/mol. The Kier molecular flexibility index (Phi) is 19.3. The van der Waals surface area contributed by atoms with Crippen molar-refractivity contribution in [2.45, 2.75) is 194 Å². The molecule has 2 rings (SSSR count). The third-order valence-corrected chi connectivity index (χ3v) is 10.3. The number of hydrogen-bond donors (Lipinski definition) is 4. The number of rotatable bonds is 22. The minimum absolute atomic E-state index is 0.00519. The molecule has 0 aromatic heterocycles. The van der Waals surface area contributed by atoms with Gasteiger partial charge in [-0.1, -0.05) is 130 Å². The van der Waals surface area contributed by atoms with Crippen molar-refractivity contribution in [2.24, 2.45) is 17.3 Å². The van der Waals surface area contributed by atoms with Crippen LogP contribution in [0.4, 0.5) is 4.79 Å². The molecule has 3 amide bonds. The van der Waals surface area contributed by atoms with E-state index in [0.717, 1.165) is 51.4 Å². The maximum atomic E-state index is 13.5. The average molecular weight is 666 g/mol. The van der Waals surface area contributed by atoms with Gasteiger partial charge in [0.2, 0.25) is 5.91 Å². The molecule has 4 N–H and O–H groups in total. The van der Waals surface area contributed by atoms with Gasteiger partial charge >= 0.3 is 12.0 Å². The molecule has 5 unspecified atom stereocenters. The van der Waals surface area contributed by atoms with Crippen molar-refractivity contribution in [3.63, 3.8) is 0 Å². The second kappa shape index (κ2) is 22.0. The summed E-state index contributed by atoms with van der Waals surface area (Å²) in [6, 6.07) is -0.324. The zero-order valence-electron chi connectivity index (χ0n) is 30.9. The molecule has 1 saturated heterocycles. The van der Waals surface area contributed by atoms with E-state index < -0.39 is 29.2 Å². The lowest BCUT2D eigenvalue weighted by molar-refractivity contribution is -0.304. The topological polar surface area (TPSA) is 126 Å². The zero-order chi connectivity index (χ0) is 34.7. The average Bonchev–Trinajstić information content (AvgIpc) is 3.24. The molecule has 1 heterocycles. The lowest BCUT2D eigenvalue weighted by Gasteiger charge is -2.44. The smallest absolute Gasteiger partial charge is 0.315 e. The van der Waals surface area contributed by atoms with Crippen LogP contribution in [0.5, 0.6) is 0 Å². The summed E-state index contributed by atoms with van der Waals surface area (Å²) in [5.74, 6) is -3.26. The zero-order valence-corrected chi connectivity index (χ0v) is 30.9. The molecule has 1 saturated carbocycles. The van der Waals surface area contributed by atoms with Crippen LogP contribution in [0.1, 0.15) is 170 Å². The van der Waals surface area contributed by atoms with Crippen LogP contribution in [0.15, 0.2) is 0 Å². The highest BCUT2D eigenvalue weighted by atomic mass is 16.7. The summed E-state index contributed by atoms with van der Waals surface area (Å²) in [5.41, 5.74) is -0.552. The largest absolute Gasteiger partial charge is 0.481 e. The summed E-state index contributed by atoms with van der Waals surface area (Å²) in [7, 11) is 0. The highest BCUT2D eigenvalue weighted by molar-refractivity contribution is 5.82. The number of carbonyl (C=O) groups excluding carboxylic acids is 2. The van der Waals surface area contributed by atoms with Crippen molar-refractivity contribution in [1.29, 1.82) is 0 Å². The Balaban J connectivity index is 2.01. The van der Waals surface area contributed by atoms with Gasteiger partial charge in [0, 0.05) is 24.0 Å². The SMILES string of the molecule is CCCCCCCCCC(CCCCCCCC)NC(=O)NC1CCCCCC1C(CNC(=O)C1OC(C)(C)OCC1(C)C)C(=O)O. The molecule has 1 aliphatic heterocycles. The summed E-state index contributed by atoms with van der Waals surface area (Å²) in [4.78, 5) is 39.5. The molecule has 274 valence electrons. The van der Waals surface area contributed by atoms with Crippen molar-refractivity contribution >= 4 is 17.9 Å². The van der Waals surface area contributed by atoms with E-state index in [9.17, 15) is 19.5 Å². The molecule has 0 aromatic rings. The quantitative estimate of drug-likeness (QED) is 0.0679. The van der Waals surface area contributed by atoms with Crippen LogP contribution >= 0.6 is 0 Å². The van der Waals surface area contributed by atoms with Crippen LogP contribution in [0.25, 0.3) is 0 Å².